The highest BCUT2D eigenvalue weighted by atomic mass is 19.1. The minimum absolute atomic E-state index is 0.143. The van der Waals surface area contributed by atoms with Crippen molar-refractivity contribution >= 4 is 16.8 Å². The molecule has 0 unspecified atom stereocenters. The molecule has 2 N–H and O–H groups in total. The second kappa shape index (κ2) is 5.75. The van der Waals surface area contributed by atoms with E-state index in [9.17, 15) is 9.18 Å². The molecular weight excluding hydrogens is 269 g/mol. The third kappa shape index (κ3) is 2.91. The lowest BCUT2D eigenvalue weighted by Gasteiger charge is -2.05. The van der Waals surface area contributed by atoms with Gasteiger partial charge in [0, 0.05) is 36.0 Å². The van der Waals surface area contributed by atoms with Crippen molar-refractivity contribution < 1.29 is 9.18 Å². The molecule has 2 aromatic heterocycles. The number of pyridine rings is 1. The molecule has 1 amide bonds. The molecule has 5 heteroatoms. The second-order valence-electron chi connectivity index (χ2n) is 4.79. The smallest absolute Gasteiger partial charge is 0.224 e. The Morgan fingerprint density at radius 1 is 1.24 bits per heavy atom. The fourth-order valence-electron chi connectivity index (χ4n) is 2.28. The molecule has 0 aliphatic carbocycles. The van der Waals surface area contributed by atoms with Crippen molar-refractivity contribution in [3.05, 3.63) is 65.9 Å². The summed E-state index contributed by atoms with van der Waals surface area (Å²) in [5, 5.41) is 3.30. The highest BCUT2D eigenvalue weighted by Crippen LogP contribution is 2.21. The average Bonchev–Trinajstić information content (AvgIpc) is 2.91. The number of nitrogens with zero attached hydrogens (tertiary/aromatic N) is 1. The molecule has 0 fully saturated rings. The lowest BCUT2D eigenvalue weighted by molar-refractivity contribution is -0.120. The van der Waals surface area contributed by atoms with Crippen LogP contribution in [0.5, 0.6) is 0 Å². The topological polar surface area (TPSA) is 57.8 Å². The number of fused-ring (bicyclic) bond motifs is 1. The van der Waals surface area contributed by atoms with E-state index < -0.39 is 0 Å². The van der Waals surface area contributed by atoms with E-state index in [1.165, 1.54) is 6.07 Å². The Morgan fingerprint density at radius 3 is 2.86 bits per heavy atom. The van der Waals surface area contributed by atoms with Crippen molar-refractivity contribution in [2.45, 2.75) is 13.0 Å². The van der Waals surface area contributed by atoms with Gasteiger partial charge in [-0.25, -0.2) is 4.39 Å². The van der Waals surface area contributed by atoms with Gasteiger partial charge in [-0.2, -0.15) is 0 Å². The summed E-state index contributed by atoms with van der Waals surface area (Å²) in [5.74, 6) is -0.457. The summed E-state index contributed by atoms with van der Waals surface area (Å²) in [6.45, 7) is 0.437. The number of carbonyl (C=O) groups excluding carboxylic acids is 1. The monoisotopic (exact) mass is 283 g/mol. The lowest BCUT2D eigenvalue weighted by Crippen LogP contribution is -2.24. The SMILES string of the molecule is O=C(Cc1c[nH]c2cccc(F)c12)NCc1ccncc1. The molecule has 0 atom stereocenters. The maximum Gasteiger partial charge on any atom is 0.224 e. The largest absolute Gasteiger partial charge is 0.361 e. The van der Waals surface area contributed by atoms with Gasteiger partial charge >= 0.3 is 0 Å². The second-order valence-corrected chi connectivity index (χ2v) is 4.79. The molecule has 2 heterocycles. The van der Waals surface area contributed by atoms with E-state index in [2.05, 4.69) is 15.3 Å². The third-order valence-electron chi connectivity index (χ3n) is 3.33. The van der Waals surface area contributed by atoms with E-state index >= 15 is 0 Å². The molecule has 3 aromatic rings. The Balaban J connectivity index is 1.69. The number of aromatic nitrogens is 2. The molecule has 0 radical (unpaired) electrons. The number of H-pyrrole nitrogens is 1. The normalized spacial score (nSPS) is 10.7. The van der Waals surface area contributed by atoms with Crippen LogP contribution in [0, 0.1) is 5.82 Å². The number of halogens is 1. The Bertz CT molecular complexity index is 768. The summed E-state index contributed by atoms with van der Waals surface area (Å²) < 4.78 is 13.8. The first kappa shape index (κ1) is 13.3. The Morgan fingerprint density at radius 2 is 2.05 bits per heavy atom. The summed E-state index contributed by atoms with van der Waals surface area (Å²) in [5.41, 5.74) is 2.34. The van der Waals surface area contributed by atoms with Crippen LogP contribution in [0.15, 0.2) is 48.9 Å². The zero-order valence-electron chi connectivity index (χ0n) is 11.3. The van der Waals surface area contributed by atoms with Crippen molar-refractivity contribution in [3.63, 3.8) is 0 Å². The number of nitrogens with one attached hydrogen (secondary N) is 2. The molecule has 0 aliphatic rings. The Hall–Kier alpha value is -2.69. The van der Waals surface area contributed by atoms with Crippen LogP contribution in [-0.4, -0.2) is 15.9 Å². The fraction of sp³-hybridized carbons (Fsp3) is 0.125. The van der Waals surface area contributed by atoms with E-state index in [4.69, 9.17) is 0 Å². The number of carbonyl (C=O) groups is 1. The molecular formula is C16H14FN3O. The summed E-state index contributed by atoms with van der Waals surface area (Å²) in [4.78, 5) is 18.9. The predicted molar refractivity (Wildman–Crippen MR) is 78.0 cm³/mol. The molecule has 21 heavy (non-hydrogen) atoms. The first-order valence-corrected chi connectivity index (χ1v) is 6.64. The number of rotatable bonds is 4. The van der Waals surface area contributed by atoms with Crippen molar-refractivity contribution in [1.29, 1.82) is 0 Å². The van der Waals surface area contributed by atoms with Gasteiger partial charge in [0.1, 0.15) is 5.82 Å². The summed E-state index contributed by atoms with van der Waals surface area (Å²) in [6.07, 6.45) is 5.18. The van der Waals surface area contributed by atoms with Crippen LogP contribution in [0.1, 0.15) is 11.1 Å². The van der Waals surface area contributed by atoms with E-state index in [1.807, 2.05) is 12.1 Å². The van der Waals surface area contributed by atoms with Crippen molar-refractivity contribution in [2.24, 2.45) is 0 Å². The van der Waals surface area contributed by atoms with Crippen molar-refractivity contribution in [3.8, 4) is 0 Å². The zero-order chi connectivity index (χ0) is 14.7. The number of amides is 1. The first-order chi connectivity index (χ1) is 10.2. The van der Waals surface area contributed by atoms with E-state index in [-0.39, 0.29) is 18.1 Å². The van der Waals surface area contributed by atoms with Crippen LogP contribution >= 0.6 is 0 Å². The van der Waals surface area contributed by atoms with E-state index in [0.717, 1.165) is 5.56 Å². The van der Waals surface area contributed by atoms with Gasteiger partial charge in [-0.05, 0) is 35.4 Å². The van der Waals surface area contributed by atoms with Gasteiger partial charge < -0.3 is 10.3 Å². The van der Waals surface area contributed by atoms with Crippen LogP contribution in [0.3, 0.4) is 0 Å². The third-order valence-corrected chi connectivity index (χ3v) is 3.33. The molecule has 1 aromatic carbocycles. The molecule has 0 aliphatic heterocycles. The van der Waals surface area contributed by atoms with E-state index in [0.29, 0.717) is 23.0 Å². The maximum absolute atomic E-state index is 13.8. The minimum atomic E-state index is -0.314. The van der Waals surface area contributed by atoms with Gasteiger partial charge in [-0.1, -0.05) is 6.07 Å². The van der Waals surface area contributed by atoms with Gasteiger partial charge in [0.25, 0.3) is 0 Å². The molecule has 0 bridgehead atoms. The summed E-state index contributed by atoms with van der Waals surface area (Å²) in [7, 11) is 0. The lowest BCUT2D eigenvalue weighted by atomic mass is 10.1. The fourth-order valence-corrected chi connectivity index (χ4v) is 2.28. The zero-order valence-corrected chi connectivity index (χ0v) is 11.3. The summed E-state index contributed by atoms with van der Waals surface area (Å²) >= 11 is 0. The van der Waals surface area contributed by atoms with Crippen LogP contribution in [-0.2, 0) is 17.8 Å². The Labute approximate surface area is 121 Å². The molecule has 0 spiro atoms. The number of hydrogen-bond donors (Lipinski definition) is 2. The first-order valence-electron chi connectivity index (χ1n) is 6.64. The number of benzene rings is 1. The van der Waals surface area contributed by atoms with Gasteiger partial charge in [0.05, 0.1) is 6.42 Å². The molecule has 0 saturated heterocycles. The maximum atomic E-state index is 13.8. The predicted octanol–water partition coefficient (Wildman–Crippen LogP) is 2.56. The van der Waals surface area contributed by atoms with Gasteiger partial charge in [0.2, 0.25) is 5.91 Å². The highest BCUT2D eigenvalue weighted by molar-refractivity contribution is 5.89. The van der Waals surface area contributed by atoms with Gasteiger partial charge in [-0.15, -0.1) is 0 Å². The van der Waals surface area contributed by atoms with Crippen LogP contribution < -0.4 is 5.32 Å². The van der Waals surface area contributed by atoms with Crippen molar-refractivity contribution in [2.75, 3.05) is 0 Å². The van der Waals surface area contributed by atoms with Crippen LogP contribution in [0.2, 0.25) is 0 Å². The molecule has 4 nitrogen and oxygen atoms in total. The average molecular weight is 283 g/mol. The Kier molecular flexibility index (Phi) is 3.64. The van der Waals surface area contributed by atoms with Gasteiger partial charge in [-0.3, -0.25) is 9.78 Å². The summed E-state index contributed by atoms with van der Waals surface area (Å²) in [6, 6.07) is 8.50. The van der Waals surface area contributed by atoms with Crippen LogP contribution in [0.25, 0.3) is 10.9 Å². The van der Waals surface area contributed by atoms with E-state index in [1.54, 1.807) is 30.7 Å². The molecule has 0 saturated carbocycles. The number of hydrogen-bond acceptors (Lipinski definition) is 2. The van der Waals surface area contributed by atoms with Gasteiger partial charge in [0.15, 0.2) is 0 Å². The minimum Gasteiger partial charge on any atom is -0.361 e. The molecule has 106 valence electrons. The standard InChI is InChI=1S/C16H14FN3O/c17-13-2-1-3-14-16(13)12(10-19-14)8-15(21)20-9-11-4-6-18-7-5-11/h1-7,10,19H,8-9H2,(H,20,21). The quantitative estimate of drug-likeness (QED) is 0.773. The van der Waals surface area contributed by atoms with Crippen molar-refractivity contribution in [1.82, 2.24) is 15.3 Å². The molecule has 3 rings (SSSR count). The van der Waals surface area contributed by atoms with Crippen LogP contribution in [0.4, 0.5) is 4.39 Å². The highest BCUT2D eigenvalue weighted by Gasteiger charge is 2.11. The number of aromatic amines is 1.